The first-order valence-electron chi connectivity index (χ1n) is 7.00. The monoisotopic (exact) mass is 304 g/mol. The van der Waals surface area contributed by atoms with Gasteiger partial charge in [0.05, 0.1) is 11.2 Å². The van der Waals surface area contributed by atoms with Crippen LogP contribution in [0, 0.1) is 0 Å². The summed E-state index contributed by atoms with van der Waals surface area (Å²) in [7, 11) is -0.476. The average Bonchev–Trinajstić information content (AvgIpc) is 2.94. The topological polar surface area (TPSA) is 31.6 Å². The molecule has 0 unspecified atom stereocenters. The van der Waals surface area contributed by atoms with Crippen LogP contribution in [0.4, 0.5) is 0 Å². The van der Waals surface area contributed by atoms with E-state index in [1.807, 2.05) is 64.1 Å². The largest absolute Gasteiger partial charge is 0.532 e. The molecule has 1 aromatic heterocycles. The molecular formula is C16H18BClO3. The maximum absolute atomic E-state index is 5.98. The molecule has 0 bridgehead atoms. The third kappa shape index (κ3) is 2.64. The fourth-order valence-corrected chi connectivity index (χ4v) is 2.33. The van der Waals surface area contributed by atoms with Gasteiger partial charge in [0.1, 0.15) is 11.4 Å². The molecule has 110 valence electrons. The second kappa shape index (κ2) is 4.91. The Hall–Kier alpha value is -1.23. The lowest BCUT2D eigenvalue weighted by atomic mass is 9.86. The normalized spacial score (nSPS) is 20.0. The van der Waals surface area contributed by atoms with E-state index in [2.05, 4.69) is 0 Å². The summed E-state index contributed by atoms with van der Waals surface area (Å²) in [5.74, 6) is 0.774. The Labute approximate surface area is 130 Å². The summed E-state index contributed by atoms with van der Waals surface area (Å²) in [5.41, 5.74) is 0.913. The molecular weight excluding hydrogens is 286 g/mol. The molecule has 2 heterocycles. The second-order valence-electron chi connectivity index (χ2n) is 6.30. The first-order valence-corrected chi connectivity index (χ1v) is 7.38. The Morgan fingerprint density at radius 1 is 0.857 bits per heavy atom. The molecule has 0 aliphatic carbocycles. The molecule has 1 fully saturated rings. The molecule has 0 saturated carbocycles. The van der Waals surface area contributed by atoms with Crippen LogP contribution in [0.15, 0.2) is 40.8 Å². The van der Waals surface area contributed by atoms with Crippen LogP contribution in [0.2, 0.25) is 5.02 Å². The Kier molecular flexibility index (Phi) is 3.43. The fourth-order valence-electron chi connectivity index (χ4n) is 2.21. The number of furan rings is 1. The maximum atomic E-state index is 5.98. The average molecular weight is 305 g/mol. The van der Waals surface area contributed by atoms with E-state index >= 15 is 0 Å². The highest BCUT2D eigenvalue weighted by molar-refractivity contribution is 6.60. The molecule has 1 aliphatic heterocycles. The van der Waals surface area contributed by atoms with Gasteiger partial charge in [-0.15, -0.1) is 0 Å². The van der Waals surface area contributed by atoms with Gasteiger partial charge in [0.2, 0.25) is 0 Å². The van der Waals surface area contributed by atoms with Crippen LogP contribution in [-0.4, -0.2) is 18.3 Å². The standard InChI is InChI=1S/C16H18BClO3/c1-15(2)16(3,4)21-17(20-15)14-10-9-13(19-14)11-5-7-12(18)8-6-11/h5-10H,1-4H3. The van der Waals surface area contributed by atoms with Gasteiger partial charge in [0.15, 0.2) is 0 Å². The molecule has 21 heavy (non-hydrogen) atoms. The molecule has 0 radical (unpaired) electrons. The van der Waals surface area contributed by atoms with Crippen molar-refractivity contribution >= 4 is 24.4 Å². The molecule has 1 aromatic carbocycles. The lowest BCUT2D eigenvalue weighted by Crippen LogP contribution is -2.41. The lowest BCUT2D eigenvalue weighted by Gasteiger charge is -2.32. The SMILES string of the molecule is CC1(C)OB(c2ccc(-c3ccc(Cl)cc3)o2)OC1(C)C. The molecule has 1 saturated heterocycles. The van der Waals surface area contributed by atoms with Crippen LogP contribution in [0.5, 0.6) is 0 Å². The van der Waals surface area contributed by atoms with Crippen molar-refractivity contribution in [3.05, 3.63) is 41.4 Å². The third-order valence-corrected chi connectivity index (χ3v) is 4.49. The molecule has 1 aliphatic rings. The van der Waals surface area contributed by atoms with Crippen molar-refractivity contribution in [2.24, 2.45) is 0 Å². The number of hydrogen-bond acceptors (Lipinski definition) is 3. The van der Waals surface area contributed by atoms with Gasteiger partial charge in [0, 0.05) is 10.6 Å². The van der Waals surface area contributed by atoms with Gasteiger partial charge < -0.3 is 13.7 Å². The van der Waals surface area contributed by atoms with E-state index in [0.717, 1.165) is 11.3 Å². The predicted octanol–water partition coefficient (Wildman–Crippen LogP) is 3.90. The predicted molar refractivity (Wildman–Crippen MR) is 84.9 cm³/mol. The highest BCUT2D eigenvalue weighted by Crippen LogP contribution is 2.36. The van der Waals surface area contributed by atoms with Crippen LogP contribution in [-0.2, 0) is 9.31 Å². The minimum Gasteiger partial charge on any atom is -0.465 e. The number of rotatable bonds is 2. The molecule has 5 heteroatoms. The van der Waals surface area contributed by atoms with Crippen LogP contribution in [0.3, 0.4) is 0 Å². The number of benzene rings is 1. The third-order valence-electron chi connectivity index (χ3n) is 4.24. The van der Waals surface area contributed by atoms with Gasteiger partial charge >= 0.3 is 7.12 Å². The summed E-state index contributed by atoms with van der Waals surface area (Å²) >= 11 is 5.90. The fraction of sp³-hybridized carbons (Fsp3) is 0.375. The quantitative estimate of drug-likeness (QED) is 0.789. The number of hydrogen-bond donors (Lipinski definition) is 0. The maximum Gasteiger partial charge on any atom is 0.532 e. The van der Waals surface area contributed by atoms with E-state index in [9.17, 15) is 0 Å². The van der Waals surface area contributed by atoms with Crippen molar-refractivity contribution < 1.29 is 13.7 Å². The van der Waals surface area contributed by atoms with Crippen molar-refractivity contribution in [2.45, 2.75) is 38.9 Å². The summed E-state index contributed by atoms with van der Waals surface area (Å²) in [6.07, 6.45) is 0. The molecule has 2 aromatic rings. The summed E-state index contributed by atoms with van der Waals surface area (Å²) < 4.78 is 17.8. The highest BCUT2D eigenvalue weighted by Gasteiger charge is 2.53. The van der Waals surface area contributed by atoms with E-state index in [1.165, 1.54) is 0 Å². The molecule has 0 amide bonds. The summed E-state index contributed by atoms with van der Waals surface area (Å²) in [4.78, 5) is 0. The summed E-state index contributed by atoms with van der Waals surface area (Å²) in [5, 5.41) is 0.705. The van der Waals surface area contributed by atoms with Crippen molar-refractivity contribution in [3.8, 4) is 11.3 Å². The van der Waals surface area contributed by atoms with Crippen molar-refractivity contribution in [2.75, 3.05) is 0 Å². The van der Waals surface area contributed by atoms with Gasteiger partial charge in [-0.3, -0.25) is 0 Å². The van der Waals surface area contributed by atoms with E-state index in [1.54, 1.807) is 0 Å². The molecule has 3 nitrogen and oxygen atoms in total. The second-order valence-corrected chi connectivity index (χ2v) is 6.73. The first kappa shape index (κ1) is 14.7. The van der Waals surface area contributed by atoms with E-state index in [4.69, 9.17) is 25.3 Å². The van der Waals surface area contributed by atoms with Gasteiger partial charge in [-0.05, 0) is 64.1 Å². The van der Waals surface area contributed by atoms with Gasteiger partial charge in [-0.1, -0.05) is 11.6 Å². The molecule has 0 N–H and O–H groups in total. The highest BCUT2D eigenvalue weighted by atomic mass is 35.5. The number of halogens is 1. The van der Waals surface area contributed by atoms with Crippen LogP contribution < -0.4 is 5.66 Å². The van der Waals surface area contributed by atoms with E-state index in [0.29, 0.717) is 10.7 Å². The Bertz CT molecular complexity index is 630. The van der Waals surface area contributed by atoms with Gasteiger partial charge in [-0.25, -0.2) is 0 Å². The Balaban J connectivity index is 1.85. The van der Waals surface area contributed by atoms with E-state index in [-0.39, 0.29) is 11.2 Å². The van der Waals surface area contributed by atoms with Crippen LogP contribution in [0.1, 0.15) is 27.7 Å². The van der Waals surface area contributed by atoms with Crippen LogP contribution >= 0.6 is 11.6 Å². The zero-order chi connectivity index (χ0) is 15.3. The van der Waals surface area contributed by atoms with Gasteiger partial charge in [-0.2, -0.15) is 0 Å². The molecule has 0 spiro atoms. The molecule has 3 rings (SSSR count). The summed E-state index contributed by atoms with van der Waals surface area (Å²) in [6, 6.07) is 11.3. The van der Waals surface area contributed by atoms with Crippen molar-refractivity contribution in [1.29, 1.82) is 0 Å². The summed E-state index contributed by atoms with van der Waals surface area (Å²) in [6.45, 7) is 8.10. The first-order chi connectivity index (χ1) is 9.78. The minimum atomic E-state index is -0.476. The Morgan fingerprint density at radius 3 is 2.00 bits per heavy atom. The van der Waals surface area contributed by atoms with Crippen LogP contribution in [0.25, 0.3) is 11.3 Å². The molecule has 0 atom stereocenters. The lowest BCUT2D eigenvalue weighted by molar-refractivity contribution is 0.00578. The van der Waals surface area contributed by atoms with Crippen molar-refractivity contribution in [3.63, 3.8) is 0 Å². The van der Waals surface area contributed by atoms with Gasteiger partial charge in [0.25, 0.3) is 0 Å². The van der Waals surface area contributed by atoms with E-state index < -0.39 is 7.12 Å². The Morgan fingerprint density at radius 2 is 1.43 bits per heavy atom. The van der Waals surface area contributed by atoms with Crippen molar-refractivity contribution in [1.82, 2.24) is 0 Å². The zero-order valence-electron chi connectivity index (χ0n) is 12.6. The smallest absolute Gasteiger partial charge is 0.465 e. The zero-order valence-corrected chi connectivity index (χ0v) is 13.4. The minimum absolute atomic E-state index is 0.370.